The third kappa shape index (κ3) is 3.11. The van der Waals surface area contributed by atoms with E-state index in [-0.39, 0.29) is 0 Å². The molecule has 0 bridgehead atoms. The number of halogens is 1. The molecule has 3 rings (SSSR count). The molecule has 0 spiro atoms. The van der Waals surface area contributed by atoms with Gasteiger partial charge in [-0.3, -0.25) is 4.99 Å². The molecule has 0 radical (unpaired) electrons. The van der Waals surface area contributed by atoms with E-state index >= 15 is 0 Å². The van der Waals surface area contributed by atoms with Crippen LogP contribution in [-0.4, -0.2) is 23.5 Å². The van der Waals surface area contributed by atoms with E-state index in [2.05, 4.69) is 27.5 Å². The molecule has 2 heterocycles. The van der Waals surface area contributed by atoms with Gasteiger partial charge in [0, 0.05) is 27.7 Å². The molecule has 4 nitrogen and oxygen atoms in total. The van der Waals surface area contributed by atoms with Crippen molar-refractivity contribution in [2.75, 3.05) is 6.54 Å². The highest BCUT2D eigenvalue weighted by Crippen LogP contribution is 2.26. The molecular weight excluding hydrogens is 292 g/mol. The Kier molecular flexibility index (Phi) is 3.89. The summed E-state index contributed by atoms with van der Waals surface area (Å²) in [5, 5.41) is 8.32. The zero-order valence-corrected chi connectivity index (χ0v) is 12.6. The van der Waals surface area contributed by atoms with Gasteiger partial charge in [-0.2, -0.15) is 0 Å². The summed E-state index contributed by atoms with van der Waals surface area (Å²) in [6.07, 6.45) is 1.90. The van der Waals surface area contributed by atoms with E-state index in [0.29, 0.717) is 6.04 Å². The number of aliphatic imine (C=N–C) groups is 1. The summed E-state index contributed by atoms with van der Waals surface area (Å²) in [4.78, 5) is 10.0. The van der Waals surface area contributed by atoms with Gasteiger partial charge in [0.25, 0.3) is 0 Å². The van der Waals surface area contributed by atoms with Crippen molar-refractivity contribution in [1.82, 2.24) is 15.6 Å². The lowest BCUT2D eigenvalue weighted by atomic mass is 10.2. The van der Waals surface area contributed by atoms with Gasteiger partial charge in [-0.05, 0) is 19.1 Å². The molecule has 104 valence electrons. The van der Waals surface area contributed by atoms with Crippen molar-refractivity contribution in [1.29, 1.82) is 0 Å². The van der Waals surface area contributed by atoms with Gasteiger partial charge in [-0.25, -0.2) is 4.98 Å². The number of thiazole rings is 1. The third-order valence-electron chi connectivity index (χ3n) is 2.98. The van der Waals surface area contributed by atoms with Crippen LogP contribution in [0.15, 0.2) is 35.5 Å². The van der Waals surface area contributed by atoms with Crippen LogP contribution >= 0.6 is 22.9 Å². The monoisotopic (exact) mass is 306 g/mol. The quantitative estimate of drug-likeness (QED) is 0.916. The molecule has 2 aromatic rings. The van der Waals surface area contributed by atoms with Crippen molar-refractivity contribution in [2.45, 2.75) is 19.5 Å². The smallest absolute Gasteiger partial charge is 0.191 e. The van der Waals surface area contributed by atoms with Crippen LogP contribution in [-0.2, 0) is 6.54 Å². The second kappa shape index (κ2) is 5.81. The molecule has 0 amide bonds. The molecule has 0 saturated heterocycles. The van der Waals surface area contributed by atoms with Gasteiger partial charge in [0.1, 0.15) is 5.01 Å². The Morgan fingerprint density at radius 1 is 1.40 bits per heavy atom. The van der Waals surface area contributed by atoms with Crippen molar-refractivity contribution in [2.24, 2.45) is 4.99 Å². The Morgan fingerprint density at radius 3 is 2.90 bits per heavy atom. The summed E-state index contributed by atoms with van der Waals surface area (Å²) < 4.78 is 0. The van der Waals surface area contributed by atoms with Gasteiger partial charge in [0.15, 0.2) is 5.96 Å². The second-order valence-electron chi connectivity index (χ2n) is 4.73. The summed E-state index contributed by atoms with van der Waals surface area (Å²) in [6.45, 7) is 3.69. The predicted molar refractivity (Wildman–Crippen MR) is 84.3 cm³/mol. The van der Waals surface area contributed by atoms with Crippen LogP contribution in [0, 0.1) is 0 Å². The van der Waals surface area contributed by atoms with Crippen molar-refractivity contribution in [3.05, 3.63) is 40.4 Å². The molecule has 0 aliphatic carbocycles. The topological polar surface area (TPSA) is 49.3 Å². The maximum atomic E-state index is 5.89. The molecule has 2 N–H and O–H groups in total. The normalized spacial score (nSPS) is 17.7. The summed E-state index contributed by atoms with van der Waals surface area (Å²) in [5.74, 6) is 0.874. The maximum Gasteiger partial charge on any atom is 0.191 e. The van der Waals surface area contributed by atoms with Crippen LogP contribution in [0.5, 0.6) is 0 Å². The highest BCUT2D eigenvalue weighted by atomic mass is 35.5. The van der Waals surface area contributed by atoms with Gasteiger partial charge in [-0.15, -0.1) is 11.3 Å². The van der Waals surface area contributed by atoms with Crippen molar-refractivity contribution >= 4 is 28.9 Å². The zero-order valence-electron chi connectivity index (χ0n) is 11.1. The number of hydrogen-bond donors (Lipinski definition) is 2. The van der Waals surface area contributed by atoms with Crippen LogP contribution in [0.1, 0.15) is 11.8 Å². The Labute approximate surface area is 126 Å². The largest absolute Gasteiger partial charge is 0.352 e. The molecule has 1 aliphatic heterocycles. The Morgan fingerprint density at radius 2 is 2.20 bits per heavy atom. The Balaban J connectivity index is 1.63. The number of aromatic nitrogens is 1. The first kappa shape index (κ1) is 13.4. The molecule has 1 aliphatic rings. The van der Waals surface area contributed by atoms with Gasteiger partial charge >= 0.3 is 0 Å². The van der Waals surface area contributed by atoms with E-state index in [1.54, 1.807) is 11.3 Å². The van der Waals surface area contributed by atoms with Crippen LogP contribution in [0.4, 0.5) is 0 Å². The van der Waals surface area contributed by atoms with E-state index in [9.17, 15) is 0 Å². The van der Waals surface area contributed by atoms with Crippen molar-refractivity contribution < 1.29 is 0 Å². The molecule has 1 unspecified atom stereocenters. The average Bonchev–Trinajstić information content (AvgIpc) is 3.06. The van der Waals surface area contributed by atoms with E-state index in [4.69, 9.17) is 11.6 Å². The molecular formula is C14H15ClN4S. The van der Waals surface area contributed by atoms with E-state index < -0.39 is 0 Å². The first-order valence-electron chi connectivity index (χ1n) is 6.46. The van der Waals surface area contributed by atoms with Gasteiger partial charge in [-0.1, -0.05) is 23.7 Å². The lowest BCUT2D eigenvalue weighted by Crippen LogP contribution is -2.36. The van der Waals surface area contributed by atoms with E-state index in [0.717, 1.165) is 34.6 Å². The summed E-state index contributed by atoms with van der Waals surface area (Å²) in [7, 11) is 0. The molecule has 0 saturated carbocycles. The number of nitrogens with zero attached hydrogens (tertiary/aromatic N) is 2. The number of nitrogens with one attached hydrogen (secondary N) is 2. The van der Waals surface area contributed by atoms with Crippen molar-refractivity contribution in [3.63, 3.8) is 0 Å². The number of guanidine groups is 1. The summed E-state index contributed by atoms with van der Waals surface area (Å²) >= 11 is 7.57. The van der Waals surface area contributed by atoms with Crippen molar-refractivity contribution in [3.8, 4) is 10.6 Å². The first-order valence-corrected chi connectivity index (χ1v) is 7.65. The molecule has 1 atom stereocenters. The summed E-state index contributed by atoms with van der Waals surface area (Å²) in [5.41, 5.74) is 1.09. The van der Waals surface area contributed by atoms with Gasteiger partial charge in [0.05, 0.1) is 13.1 Å². The predicted octanol–water partition coefficient (Wildman–Crippen LogP) is 2.90. The Hall–Kier alpha value is -1.59. The fraction of sp³-hybridized carbons (Fsp3) is 0.286. The fourth-order valence-corrected chi connectivity index (χ4v) is 2.93. The molecule has 6 heteroatoms. The van der Waals surface area contributed by atoms with Crippen LogP contribution in [0.2, 0.25) is 5.02 Å². The highest BCUT2D eigenvalue weighted by molar-refractivity contribution is 7.15. The average molecular weight is 307 g/mol. The number of benzene rings is 1. The minimum Gasteiger partial charge on any atom is -0.352 e. The zero-order chi connectivity index (χ0) is 13.9. The highest BCUT2D eigenvalue weighted by Gasteiger charge is 2.12. The molecule has 0 fully saturated rings. The third-order valence-corrected chi connectivity index (χ3v) is 4.28. The minimum absolute atomic E-state index is 0.420. The first-order chi connectivity index (χ1) is 9.70. The molecule has 20 heavy (non-hydrogen) atoms. The fourth-order valence-electron chi connectivity index (χ4n) is 1.95. The van der Waals surface area contributed by atoms with E-state index in [1.807, 2.05) is 30.5 Å². The minimum atomic E-state index is 0.420. The molecule has 1 aromatic carbocycles. The number of hydrogen-bond acceptors (Lipinski definition) is 5. The van der Waals surface area contributed by atoms with Gasteiger partial charge < -0.3 is 10.6 Å². The lowest BCUT2D eigenvalue weighted by molar-refractivity contribution is 0.714. The second-order valence-corrected chi connectivity index (χ2v) is 6.28. The lowest BCUT2D eigenvalue weighted by Gasteiger charge is -2.06. The van der Waals surface area contributed by atoms with Crippen LogP contribution < -0.4 is 10.6 Å². The van der Waals surface area contributed by atoms with Crippen LogP contribution in [0.25, 0.3) is 10.6 Å². The maximum absolute atomic E-state index is 5.89. The van der Waals surface area contributed by atoms with Gasteiger partial charge in [0.2, 0.25) is 0 Å². The standard InChI is InChI=1S/C14H15ClN4S/c1-9-6-17-14(19-9)18-8-12-7-16-13(20-12)10-2-4-11(15)5-3-10/h2-5,7,9H,6,8H2,1H3,(H2,17,18,19). The van der Waals surface area contributed by atoms with E-state index in [1.165, 1.54) is 4.88 Å². The summed E-state index contributed by atoms with van der Waals surface area (Å²) in [6, 6.07) is 8.16. The van der Waals surface area contributed by atoms with Crippen LogP contribution in [0.3, 0.4) is 0 Å². The Bertz CT molecular complexity index is 620. The SMILES string of the molecule is CC1CN=C(NCc2cnc(-c3ccc(Cl)cc3)s2)N1. The molecule has 1 aromatic heterocycles. The number of rotatable bonds is 3.